The molecule has 1 saturated heterocycles. The number of carbonyl (C=O) groups excluding carboxylic acids is 1. The number of rotatable bonds is 8. The van der Waals surface area contributed by atoms with Gasteiger partial charge in [-0.15, -0.1) is 0 Å². The average Bonchev–Trinajstić information content (AvgIpc) is 3.39. The van der Waals surface area contributed by atoms with Gasteiger partial charge in [-0.3, -0.25) is 9.10 Å². The van der Waals surface area contributed by atoms with E-state index in [0.717, 1.165) is 35.1 Å². The van der Waals surface area contributed by atoms with Crippen molar-refractivity contribution in [3.05, 3.63) is 84.4 Å². The van der Waals surface area contributed by atoms with E-state index in [0.29, 0.717) is 11.4 Å². The SMILES string of the molecule is CCc1ccc(N(CC(=O)Nc2ccc(N3CCCC3)cc2)S(=O)(=O)c2ccccc2)cc1. The summed E-state index contributed by atoms with van der Waals surface area (Å²) < 4.78 is 28.0. The third-order valence-corrected chi connectivity index (χ3v) is 7.66. The molecule has 7 heteroatoms. The molecule has 33 heavy (non-hydrogen) atoms. The van der Waals surface area contributed by atoms with E-state index in [1.54, 1.807) is 30.3 Å². The molecule has 1 aliphatic heterocycles. The van der Waals surface area contributed by atoms with Crippen LogP contribution in [-0.4, -0.2) is 34.0 Å². The topological polar surface area (TPSA) is 69.7 Å². The zero-order valence-electron chi connectivity index (χ0n) is 18.8. The molecule has 0 radical (unpaired) electrons. The lowest BCUT2D eigenvalue weighted by Gasteiger charge is -2.24. The Balaban J connectivity index is 1.54. The molecule has 0 aliphatic carbocycles. The molecule has 4 rings (SSSR count). The second-order valence-electron chi connectivity index (χ2n) is 8.13. The molecule has 1 aliphatic rings. The normalized spacial score (nSPS) is 13.7. The maximum absolute atomic E-state index is 13.4. The first-order chi connectivity index (χ1) is 16.0. The molecule has 1 fully saturated rings. The first-order valence-corrected chi connectivity index (χ1v) is 12.7. The second-order valence-corrected chi connectivity index (χ2v) is 10.00. The molecule has 172 valence electrons. The number of aryl methyl sites for hydroxylation is 1. The lowest BCUT2D eigenvalue weighted by atomic mass is 10.1. The summed E-state index contributed by atoms with van der Waals surface area (Å²) in [6.45, 7) is 3.82. The number of amides is 1. The molecule has 0 bridgehead atoms. The molecular formula is C26H29N3O3S. The maximum Gasteiger partial charge on any atom is 0.264 e. The zero-order chi connectivity index (χ0) is 23.3. The fraction of sp³-hybridized carbons (Fsp3) is 0.269. The van der Waals surface area contributed by atoms with Gasteiger partial charge >= 0.3 is 0 Å². The minimum atomic E-state index is -3.91. The zero-order valence-corrected chi connectivity index (χ0v) is 19.6. The minimum Gasteiger partial charge on any atom is -0.372 e. The van der Waals surface area contributed by atoms with Crippen molar-refractivity contribution in [2.24, 2.45) is 0 Å². The van der Waals surface area contributed by atoms with Crippen LogP contribution in [0.2, 0.25) is 0 Å². The van der Waals surface area contributed by atoms with Gasteiger partial charge in [-0.25, -0.2) is 8.42 Å². The Morgan fingerprint density at radius 2 is 1.55 bits per heavy atom. The van der Waals surface area contributed by atoms with Crippen LogP contribution in [0.15, 0.2) is 83.8 Å². The van der Waals surface area contributed by atoms with Crippen molar-refractivity contribution < 1.29 is 13.2 Å². The number of anilines is 3. The van der Waals surface area contributed by atoms with Gasteiger partial charge in [0, 0.05) is 24.5 Å². The predicted molar refractivity (Wildman–Crippen MR) is 133 cm³/mol. The predicted octanol–water partition coefficient (Wildman–Crippen LogP) is 4.68. The van der Waals surface area contributed by atoms with E-state index in [1.165, 1.54) is 25.0 Å². The summed E-state index contributed by atoms with van der Waals surface area (Å²) in [5, 5.41) is 2.84. The van der Waals surface area contributed by atoms with Gasteiger partial charge in [0.2, 0.25) is 5.91 Å². The van der Waals surface area contributed by atoms with Gasteiger partial charge < -0.3 is 10.2 Å². The largest absolute Gasteiger partial charge is 0.372 e. The Labute approximate surface area is 195 Å². The first kappa shape index (κ1) is 22.9. The van der Waals surface area contributed by atoms with Gasteiger partial charge in [0.15, 0.2) is 0 Å². The minimum absolute atomic E-state index is 0.146. The van der Waals surface area contributed by atoms with Crippen molar-refractivity contribution in [3.63, 3.8) is 0 Å². The first-order valence-electron chi connectivity index (χ1n) is 11.3. The fourth-order valence-corrected chi connectivity index (χ4v) is 5.44. The smallest absolute Gasteiger partial charge is 0.264 e. The van der Waals surface area contributed by atoms with Gasteiger partial charge in [0.05, 0.1) is 10.6 Å². The van der Waals surface area contributed by atoms with E-state index in [2.05, 4.69) is 10.2 Å². The quantitative estimate of drug-likeness (QED) is 0.527. The third-order valence-electron chi connectivity index (χ3n) is 5.87. The lowest BCUT2D eigenvalue weighted by Crippen LogP contribution is -2.38. The molecular weight excluding hydrogens is 434 g/mol. The molecule has 1 N–H and O–H groups in total. The van der Waals surface area contributed by atoms with E-state index in [4.69, 9.17) is 0 Å². The molecule has 0 saturated carbocycles. The van der Waals surface area contributed by atoms with Crippen LogP contribution in [0.3, 0.4) is 0 Å². The van der Waals surface area contributed by atoms with Crippen LogP contribution in [0.4, 0.5) is 17.1 Å². The Morgan fingerprint density at radius 1 is 0.909 bits per heavy atom. The standard InChI is InChI=1S/C26H29N3O3S/c1-2-21-10-14-24(15-11-21)29(33(31,32)25-8-4-3-5-9-25)20-26(30)27-22-12-16-23(17-13-22)28-18-6-7-19-28/h3-5,8-17H,2,6-7,18-20H2,1H3,(H,27,30). The van der Waals surface area contributed by atoms with Gasteiger partial charge in [-0.1, -0.05) is 37.3 Å². The van der Waals surface area contributed by atoms with E-state index < -0.39 is 15.9 Å². The van der Waals surface area contributed by atoms with Crippen LogP contribution in [0.25, 0.3) is 0 Å². The van der Waals surface area contributed by atoms with Crippen LogP contribution in [0.1, 0.15) is 25.3 Å². The number of nitrogens with zero attached hydrogens (tertiary/aromatic N) is 2. The fourth-order valence-electron chi connectivity index (χ4n) is 3.99. The summed E-state index contributed by atoms with van der Waals surface area (Å²) in [6.07, 6.45) is 3.24. The van der Waals surface area contributed by atoms with Gasteiger partial charge in [0.25, 0.3) is 10.0 Å². The van der Waals surface area contributed by atoms with E-state index in [1.807, 2.05) is 43.3 Å². The molecule has 0 spiro atoms. The van der Waals surface area contributed by atoms with Crippen LogP contribution in [0.5, 0.6) is 0 Å². The molecule has 1 heterocycles. The summed E-state index contributed by atoms with van der Waals surface area (Å²) in [7, 11) is -3.91. The van der Waals surface area contributed by atoms with Crippen LogP contribution in [-0.2, 0) is 21.2 Å². The van der Waals surface area contributed by atoms with Crippen molar-refractivity contribution in [3.8, 4) is 0 Å². The summed E-state index contributed by atoms with van der Waals surface area (Å²) >= 11 is 0. The molecule has 1 amide bonds. The number of sulfonamides is 1. The number of nitrogens with one attached hydrogen (secondary N) is 1. The monoisotopic (exact) mass is 463 g/mol. The van der Waals surface area contributed by atoms with Crippen molar-refractivity contribution in [1.29, 1.82) is 0 Å². The molecule has 0 unspecified atom stereocenters. The van der Waals surface area contributed by atoms with E-state index in [-0.39, 0.29) is 11.4 Å². The van der Waals surface area contributed by atoms with Gasteiger partial charge in [-0.2, -0.15) is 0 Å². The van der Waals surface area contributed by atoms with Crippen molar-refractivity contribution >= 4 is 33.0 Å². The Kier molecular flexibility index (Phi) is 6.99. The van der Waals surface area contributed by atoms with Crippen molar-refractivity contribution in [1.82, 2.24) is 0 Å². The highest BCUT2D eigenvalue weighted by Crippen LogP contribution is 2.25. The van der Waals surface area contributed by atoms with E-state index in [9.17, 15) is 13.2 Å². The Morgan fingerprint density at radius 3 is 2.15 bits per heavy atom. The highest BCUT2D eigenvalue weighted by Gasteiger charge is 2.27. The van der Waals surface area contributed by atoms with Gasteiger partial charge in [-0.05, 0) is 73.4 Å². The van der Waals surface area contributed by atoms with Crippen LogP contribution >= 0.6 is 0 Å². The number of benzene rings is 3. The summed E-state index contributed by atoms with van der Waals surface area (Å²) in [6, 6.07) is 23.2. The third kappa shape index (κ3) is 5.37. The molecule has 6 nitrogen and oxygen atoms in total. The summed E-state index contributed by atoms with van der Waals surface area (Å²) in [5.41, 5.74) is 3.32. The number of hydrogen-bond donors (Lipinski definition) is 1. The number of carbonyl (C=O) groups is 1. The van der Waals surface area contributed by atoms with E-state index >= 15 is 0 Å². The summed E-state index contributed by atoms with van der Waals surface area (Å²) in [4.78, 5) is 15.4. The van der Waals surface area contributed by atoms with Crippen molar-refractivity contribution in [2.75, 3.05) is 34.2 Å². The molecule has 0 aromatic heterocycles. The molecule has 3 aromatic carbocycles. The van der Waals surface area contributed by atoms with Crippen LogP contribution < -0.4 is 14.5 Å². The lowest BCUT2D eigenvalue weighted by molar-refractivity contribution is -0.114. The molecule has 3 aromatic rings. The number of hydrogen-bond acceptors (Lipinski definition) is 4. The Bertz CT molecular complexity index is 1170. The molecule has 0 atom stereocenters. The highest BCUT2D eigenvalue weighted by molar-refractivity contribution is 7.92. The van der Waals surface area contributed by atoms with Gasteiger partial charge in [0.1, 0.15) is 6.54 Å². The maximum atomic E-state index is 13.4. The Hall–Kier alpha value is -3.32. The second kappa shape index (κ2) is 10.1. The van der Waals surface area contributed by atoms with Crippen LogP contribution in [0, 0.1) is 0 Å². The summed E-state index contributed by atoms with van der Waals surface area (Å²) in [5.74, 6) is -0.400. The highest BCUT2D eigenvalue weighted by atomic mass is 32.2. The van der Waals surface area contributed by atoms with Crippen molar-refractivity contribution in [2.45, 2.75) is 31.1 Å². The average molecular weight is 464 g/mol.